The van der Waals surface area contributed by atoms with E-state index in [9.17, 15) is 9.59 Å². The average molecular weight is 341 g/mol. The third kappa shape index (κ3) is 2.47. The van der Waals surface area contributed by atoms with E-state index in [4.69, 9.17) is 11.6 Å². The van der Waals surface area contributed by atoms with Gasteiger partial charge in [0.2, 0.25) is 5.91 Å². The van der Waals surface area contributed by atoms with Crippen LogP contribution in [0.3, 0.4) is 0 Å². The number of nitrogens with zero attached hydrogens (tertiary/aromatic N) is 1. The molecule has 2 amide bonds. The van der Waals surface area contributed by atoms with Gasteiger partial charge in [-0.1, -0.05) is 11.6 Å². The summed E-state index contributed by atoms with van der Waals surface area (Å²) in [7, 11) is 0. The van der Waals surface area contributed by atoms with Crippen LogP contribution in [0, 0.1) is 6.92 Å². The normalized spacial score (nSPS) is 15.4. The van der Waals surface area contributed by atoms with Crippen molar-refractivity contribution in [1.29, 1.82) is 0 Å². The molecule has 2 aliphatic rings. The SMILES string of the molecule is Cc1cc(Cl)ccc1NC(=O)c1cc2c3c(c1)CCN3C(=O)CC2. The molecule has 0 spiro atoms. The predicted molar refractivity (Wildman–Crippen MR) is 95.0 cm³/mol. The molecule has 0 saturated heterocycles. The van der Waals surface area contributed by atoms with Crippen LogP contribution in [-0.2, 0) is 17.6 Å². The lowest BCUT2D eigenvalue weighted by Crippen LogP contribution is -2.33. The van der Waals surface area contributed by atoms with Gasteiger partial charge in [0.1, 0.15) is 0 Å². The number of benzene rings is 2. The Morgan fingerprint density at radius 2 is 1.88 bits per heavy atom. The van der Waals surface area contributed by atoms with E-state index in [2.05, 4.69) is 5.32 Å². The summed E-state index contributed by atoms with van der Waals surface area (Å²) in [4.78, 5) is 26.5. The first-order valence-corrected chi connectivity index (χ1v) is 8.44. The molecule has 0 aliphatic carbocycles. The van der Waals surface area contributed by atoms with Gasteiger partial charge in [0.25, 0.3) is 5.91 Å². The van der Waals surface area contributed by atoms with Gasteiger partial charge in [-0.05, 0) is 66.8 Å². The molecule has 2 aromatic rings. The van der Waals surface area contributed by atoms with Crippen LogP contribution in [0.1, 0.15) is 33.5 Å². The van der Waals surface area contributed by atoms with E-state index in [1.807, 2.05) is 36.1 Å². The number of aryl methyl sites for hydroxylation is 2. The third-order valence-electron chi connectivity index (χ3n) is 4.75. The number of hydrogen-bond acceptors (Lipinski definition) is 2. The average Bonchev–Trinajstić information content (AvgIpc) is 2.99. The Labute approximate surface area is 145 Å². The molecule has 4 rings (SSSR count). The summed E-state index contributed by atoms with van der Waals surface area (Å²) < 4.78 is 0. The zero-order valence-corrected chi connectivity index (χ0v) is 14.1. The van der Waals surface area contributed by atoms with Gasteiger partial charge in [0.05, 0.1) is 5.69 Å². The maximum atomic E-state index is 12.7. The molecule has 2 aliphatic heterocycles. The third-order valence-corrected chi connectivity index (χ3v) is 4.99. The van der Waals surface area contributed by atoms with Crippen LogP contribution >= 0.6 is 11.6 Å². The highest BCUT2D eigenvalue weighted by atomic mass is 35.5. The van der Waals surface area contributed by atoms with Gasteiger partial charge in [0.15, 0.2) is 0 Å². The summed E-state index contributed by atoms with van der Waals surface area (Å²) in [6.45, 7) is 2.64. The van der Waals surface area contributed by atoms with E-state index in [0.29, 0.717) is 23.4 Å². The van der Waals surface area contributed by atoms with Gasteiger partial charge in [-0.25, -0.2) is 0 Å². The van der Waals surface area contributed by atoms with Gasteiger partial charge in [-0.2, -0.15) is 0 Å². The first-order valence-electron chi connectivity index (χ1n) is 8.06. The highest BCUT2D eigenvalue weighted by Gasteiger charge is 2.32. The molecule has 0 bridgehead atoms. The molecule has 1 N–H and O–H groups in total. The molecule has 0 atom stereocenters. The number of hydrogen-bond donors (Lipinski definition) is 1. The van der Waals surface area contributed by atoms with Crippen LogP contribution < -0.4 is 10.2 Å². The topological polar surface area (TPSA) is 49.4 Å². The molecule has 5 heteroatoms. The second kappa shape index (κ2) is 5.64. The minimum atomic E-state index is -0.130. The van der Waals surface area contributed by atoms with Gasteiger partial charge < -0.3 is 10.2 Å². The highest BCUT2D eigenvalue weighted by molar-refractivity contribution is 6.30. The Morgan fingerprint density at radius 3 is 2.62 bits per heavy atom. The molecule has 4 nitrogen and oxygen atoms in total. The number of amides is 2. The summed E-state index contributed by atoms with van der Waals surface area (Å²) in [5.41, 5.74) is 5.56. The standard InChI is InChI=1S/C19H17ClN2O2/c1-11-8-15(20)3-4-16(11)21-19(24)14-9-12-2-5-17(23)22-7-6-13(10-14)18(12)22/h3-4,8-10H,2,5-7H2,1H3,(H,21,24). The fraction of sp³-hybridized carbons (Fsp3) is 0.263. The van der Waals surface area contributed by atoms with Gasteiger partial charge >= 0.3 is 0 Å². The molecule has 122 valence electrons. The molecule has 0 fully saturated rings. The van der Waals surface area contributed by atoms with Crippen molar-refractivity contribution in [2.75, 3.05) is 16.8 Å². The van der Waals surface area contributed by atoms with Crippen LogP contribution in [0.25, 0.3) is 0 Å². The molecule has 0 aromatic heterocycles. The van der Waals surface area contributed by atoms with Crippen LogP contribution in [0.4, 0.5) is 11.4 Å². The largest absolute Gasteiger partial charge is 0.322 e. The number of anilines is 2. The Hall–Kier alpha value is -2.33. The zero-order chi connectivity index (χ0) is 16.8. The Morgan fingerprint density at radius 1 is 1.12 bits per heavy atom. The second-order valence-corrected chi connectivity index (χ2v) is 6.79. The van der Waals surface area contributed by atoms with E-state index < -0.39 is 0 Å². The van der Waals surface area contributed by atoms with Gasteiger partial charge in [-0.15, -0.1) is 0 Å². The van der Waals surface area contributed by atoms with Crippen molar-refractivity contribution in [3.63, 3.8) is 0 Å². The van der Waals surface area contributed by atoms with Crippen molar-refractivity contribution in [3.05, 3.63) is 57.6 Å². The van der Waals surface area contributed by atoms with Crippen molar-refractivity contribution in [2.45, 2.75) is 26.2 Å². The maximum absolute atomic E-state index is 12.7. The fourth-order valence-corrected chi connectivity index (χ4v) is 3.78. The maximum Gasteiger partial charge on any atom is 0.255 e. The number of carbonyl (C=O) groups is 2. The van der Waals surface area contributed by atoms with E-state index >= 15 is 0 Å². The quantitative estimate of drug-likeness (QED) is 0.905. The van der Waals surface area contributed by atoms with Crippen molar-refractivity contribution in [2.24, 2.45) is 0 Å². The molecule has 24 heavy (non-hydrogen) atoms. The molecular formula is C19H17ClN2O2. The van der Waals surface area contributed by atoms with Gasteiger partial charge in [0, 0.05) is 29.2 Å². The molecule has 2 heterocycles. The second-order valence-electron chi connectivity index (χ2n) is 6.35. The lowest BCUT2D eigenvalue weighted by molar-refractivity contribution is -0.118. The fourth-order valence-electron chi connectivity index (χ4n) is 3.55. The van der Waals surface area contributed by atoms with E-state index in [1.54, 1.807) is 6.07 Å². The lowest BCUT2D eigenvalue weighted by atomic mass is 9.96. The smallest absolute Gasteiger partial charge is 0.255 e. The number of rotatable bonds is 2. The molecule has 0 unspecified atom stereocenters. The molecule has 2 aromatic carbocycles. The van der Waals surface area contributed by atoms with Crippen molar-refractivity contribution in [1.82, 2.24) is 0 Å². The predicted octanol–water partition coefficient (Wildman–Crippen LogP) is 3.74. The highest BCUT2D eigenvalue weighted by Crippen LogP contribution is 2.37. The number of halogens is 1. The van der Waals surface area contributed by atoms with E-state index in [0.717, 1.165) is 41.0 Å². The Balaban J connectivity index is 1.66. The summed E-state index contributed by atoms with van der Waals surface area (Å²) >= 11 is 5.96. The van der Waals surface area contributed by atoms with Crippen molar-refractivity contribution in [3.8, 4) is 0 Å². The first kappa shape index (κ1) is 15.2. The van der Waals surface area contributed by atoms with Crippen molar-refractivity contribution < 1.29 is 9.59 Å². The number of nitrogens with one attached hydrogen (secondary N) is 1. The molecule has 0 radical (unpaired) electrons. The minimum absolute atomic E-state index is 0.130. The molecule has 0 saturated carbocycles. The summed E-state index contributed by atoms with van der Waals surface area (Å²) in [5, 5.41) is 3.61. The van der Waals surface area contributed by atoms with Crippen molar-refractivity contribution >= 4 is 34.8 Å². The molecular weight excluding hydrogens is 324 g/mol. The zero-order valence-electron chi connectivity index (χ0n) is 13.4. The summed E-state index contributed by atoms with van der Waals surface area (Å²) in [6.07, 6.45) is 2.04. The van der Waals surface area contributed by atoms with E-state index in [1.165, 1.54) is 0 Å². The summed E-state index contributed by atoms with van der Waals surface area (Å²) in [5.74, 6) is 0.0602. The van der Waals surface area contributed by atoms with Crippen LogP contribution in [0.15, 0.2) is 30.3 Å². The Bertz CT molecular complexity index is 876. The minimum Gasteiger partial charge on any atom is -0.322 e. The van der Waals surface area contributed by atoms with Crippen LogP contribution in [0.2, 0.25) is 5.02 Å². The number of carbonyl (C=O) groups excluding carboxylic acids is 2. The summed E-state index contributed by atoms with van der Waals surface area (Å²) in [6, 6.07) is 9.24. The lowest BCUT2D eigenvalue weighted by Gasteiger charge is -2.25. The van der Waals surface area contributed by atoms with Gasteiger partial charge in [-0.3, -0.25) is 9.59 Å². The van der Waals surface area contributed by atoms with Crippen LogP contribution in [0.5, 0.6) is 0 Å². The van der Waals surface area contributed by atoms with E-state index in [-0.39, 0.29) is 11.8 Å². The Kier molecular flexibility index (Phi) is 3.57. The first-order chi connectivity index (χ1) is 11.5. The van der Waals surface area contributed by atoms with Crippen LogP contribution in [-0.4, -0.2) is 18.4 Å². The monoisotopic (exact) mass is 340 g/mol.